The number of hydrogen-bond acceptors (Lipinski definition) is 4. The molecule has 0 unspecified atom stereocenters. The van der Waals surface area contributed by atoms with Gasteiger partial charge in [-0.15, -0.1) is 0 Å². The van der Waals surface area contributed by atoms with Crippen molar-refractivity contribution in [2.75, 3.05) is 13.2 Å². The van der Waals surface area contributed by atoms with Crippen molar-refractivity contribution in [2.24, 2.45) is 0 Å². The van der Waals surface area contributed by atoms with Gasteiger partial charge >= 0.3 is 11.9 Å². The van der Waals surface area contributed by atoms with Crippen molar-refractivity contribution in [3.8, 4) is 0 Å². The van der Waals surface area contributed by atoms with Crippen molar-refractivity contribution in [3.05, 3.63) is 0 Å². The molecule has 0 bridgehead atoms. The smallest absolute Gasteiger partial charge is 0.305 e. The summed E-state index contributed by atoms with van der Waals surface area (Å²) in [7, 11) is 0. The number of esters is 2. The van der Waals surface area contributed by atoms with Crippen LogP contribution < -0.4 is 0 Å². The average Bonchev–Trinajstić information content (AvgIpc) is 2.42. The van der Waals surface area contributed by atoms with Crippen LogP contribution in [-0.2, 0) is 19.1 Å². The number of ether oxygens (including phenoxy) is 2. The summed E-state index contributed by atoms with van der Waals surface area (Å²) in [4.78, 5) is 22.5. The van der Waals surface area contributed by atoms with Crippen molar-refractivity contribution in [2.45, 2.75) is 78.1 Å². The summed E-state index contributed by atoms with van der Waals surface area (Å²) in [5.74, 6) is -0.249. The molecule has 0 aromatic rings. The largest absolute Gasteiger partial charge is 0.466 e. The molecular weight excluding hydrogens is 256 g/mol. The zero-order chi connectivity index (χ0) is 15.1. The van der Waals surface area contributed by atoms with E-state index in [1.165, 1.54) is 19.3 Å². The van der Waals surface area contributed by atoms with E-state index in [1.54, 1.807) is 0 Å². The molecule has 118 valence electrons. The zero-order valence-corrected chi connectivity index (χ0v) is 13.1. The Kier molecular flexibility index (Phi) is 13.6. The molecule has 0 atom stereocenters. The fourth-order valence-corrected chi connectivity index (χ4v) is 1.80. The third-order valence-corrected chi connectivity index (χ3v) is 3.00. The van der Waals surface area contributed by atoms with Gasteiger partial charge in [-0.25, -0.2) is 0 Å². The minimum atomic E-state index is -0.142. The van der Waals surface area contributed by atoms with E-state index in [0.717, 1.165) is 32.1 Å². The van der Waals surface area contributed by atoms with Crippen LogP contribution in [0.2, 0.25) is 0 Å². The van der Waals surface area contributed by atoms with Gasteiger partial charge in [-0.2, -0.15) is 0 Å². The van der Waals surface area contributed by atoms with Gasteiger partial charge < -0.3 is 9.47 Å². The number of carbonyl (C=O) groups is 2. The molecule has 0 spiro atoms. The van der Waals surface area contributed by atoms with Gasteiger partial charge in [-0.3, -0.25) is 9.59 Å². The van der Waals surface area contributed by atoms with E-state index in [-0.39, 0.29) is 11.9 Å². The van der Waals surface area contributed by atoms with E-state index in [2.05, 4.69) is 6.92 Å². The summed E-state index contributed by atoms with van der Waals surface area (Å²) in [6, 6.07) is 0. The molecule has 0 radical (unpaired) electrons. The Morgan fingerprint density at radius 3 is 1.75 bits per heavy atom. The van der Waals surface area contributed by atoms with Gasteiger partial charge in [-0.05, 0) is 25.7 Å². The Labute approximate surface area is 123 Å². The Bertz CT molecular complexity index is 251. The minimum Gasteiger partial charge on any atom is -0.466 e. The van der Waals surface area contributed by atoms with E-state index < -0.39 is 0 Å². The first-order valence-corrected chi connectivity index (χ1v) is 8.02. The third-order valence-electron chi connectivity index (χ3n) is 3.00. The van der Waals surface area contributed by atoms with Crippen LogP contribution in [0.4, 0.5) is 0 Å². The quantitative estimate of drug-likeness (QED) is 0.379. The third kappa shape index (κ3) is 13.4. The van der Waals surface area contributed by atoms with Crippen molar-refractivity contribution >= 4 is 11.9 Å². The molecule has 0 saturated carbocycles. The Hall–Kier alpha value is -1.06. The second-order valence-electron chi connectivity index (χ2n) is 5.06. The van der Waals surface area contributed by atoms with Crippen LogP contribution in [-0.4, -0.2) is 25.2 Å². The number of unbranched alkanes of at least 4 members (excludes halogenated alkanes) is 5. The van der Waals surface area contributed by atoms with Crippen molar-refractivity contribution < 1.29 is 19.1 Å². The summed E-state index contributed by atoms with van der Waals surface area (Å²) in [5, 5.41) is 0. The molecule has 4 nitrogen and oxygen atoms in total. The topological polar surface area (TPSA) is 52.6 Å². The number of rotatable bonds is 13. The molecule has 0 saturated heterocycles. The molecule has 20 heavy (non-hydrogen) atoms. The van der Waals surface area contributed by atoms with Gasteiger partial charge in [0.25, 0.3) is 0 Å². The Morgan fingerprint density at radius 2 is 1.20 bits per heavy atom. The first-order valence-electron chi connectivity index (χ1n) is 8.02. The van der Waals surface area contributed by atoms with Gasteiger partial charge in [0.15, 0.2) is 0 Å². The molecule has 0 fully saturated rings. The van der Waals surface area contributed by atoms with E-state index in [4.69, 9.17) is 9.47 Å². The van der Waals surface area contributed by atoms with Crippen molar-refractivity contribution in [1.29, 1.82) is 0 Å². The summed E-state index contributed by atoms with van der Waals surface area (Å²) < 4.78 is 10.1. The normalized spacial score (nSPS) is 10.3. The molecule has 0 aliphatic rings. The maximum absolute atomic E-state index is 11.4. The van der Waals surface area contributed by atoms with Crippen LogP contribution in [0.5, 0.6) is 0 Å². The Balaban J connectivity index is 3.25. The maximum atomic E-state index is 11.4. The van der Waals surface area contributed by atoms with Gasteiger partial charge in [0.1, 0.15) is 0 Å². The summed E-state index contributed by atoms with van der Waals surface area (Å²) in [6.07, 6.45) is 9.01. The predicted molar refractivity (Wildman–Crippen MR) is 79.4 cm³/mol. The monoisotopic (exact) mass is 286 g/mol. The molecule has 0 rings (SSSR count). The maximum Gasteiger partial charge on any atom is 0.305 e. The summed E-state index contributed by atoms with van der Waals surface area (Å²) in [5.41, 5.74) is 0. The summed E-state index contributed by atoms with van der Waals surface area (Å²) >= 11 is 0. The average molecular weight is 286 g/mol. The summed E-state index contributed by atoms with van der Waals surface area (Å²) in [6.45, 7) is 4.98. The van der Waals surface area contributed by atoms with Gasteiger partial charge in [0, 0.05) is 12.8 Å². The molecule has 0 aliphatic heterocycles. The van der Waals surface area contributed by atoms with Crippen LogP contribution in [0.1, 0.15) is 78.1 Å². The molecule has 0 aromatic carbocycles. The minimum absolute atomic E-state index is 0.107. The van der Waals surface area contributed by atoms with Crippen molar-refractivity contribution in [1.82, 2.24) is 0 Å². The highest BCUT2D eigenvalue weighted by Gasteiger charge is 2.03. The fourth-order valence-electron chi connectivity index (χ4n) is 1.80. The number of carbonyl (C=O) groups excluding carboxylic acids is 2. The molecular formula is C16H30O4. The lowest BCUT2D eigenvalue weighted by atomic mass is 10.1. The highest BCUT2D eigenvalue weighted by molar-refractivity contribution is 5.69. The van der Waals surface area contributed by atoms with Crippen LogP contribution in [0, 0.1) is 0 Å². The first kappa shape index (κ1) is 18.9. The molecule has 0 heterocycles. The molecule has 0 aromatic heterocycles. The lowest BCUT2D eigenvalue weighted by molar-refractivity contribution is -0.146. The molecule has 4 heteroatoms. The molecule has 0 N–H and O–H groups in total. The highest BCUT2D eigenvalue weighted by Crippen LogP contribution is 2.06. The van der Waals surface area contributed by atoms with Crippen LogP contribution in [0.15, 0.2) is 0 Å². The Morgan fingerprint density at radius 1 is 0.650 bits per heavy atom. The second kappa shape index (κ2) is 14.4. The van der Waals surface area contributed by atoms with Gasteiger partial charge in [-0.1, -0.05) is 39.5 Å². The van der Waals surface area contributed by atoms with Crippen LogP contribution in [0.3, 0.4) is 0 Å². The predicted octanol–water partition coefficient (Wildman–Crippen LogP) is 4.01. The molecule has 0 aliphatic carbocycles. The molecule has 0 amide bonds. The highest BCUT2D eigenvalue weighted by atomic mass is 16.5. The van der Waals surface area contributed by atoms with Gasteiger partial charge in [0.2, 0.25) is 0 Å². The van der Waals surface area contributed by atoms with E-state index in [0.29, 0.717) is 26.1 Å². The first-order chi connectivity index (χ1) is 9.70. The van der Waals surface area contributed by atoms with E-state index in [1.807, 2.05) is 6.92 Å². The lowest BCUT2D eigenvalue weighted by Gasteiger charge is -2.06. The SMILES string of the molecule is CCCCCCCC(=O)OCCCCOC(=O)CCC. The standard InChI is InChI=1S/C16H30O4/c1-3-5-6-7-8-12-16(18)20-14-10-9-13-19-15(17)11-4-2/h3-14H2,1-2H3. The fraction of sp³-hybridized carbons (Fsp3) is 0.875. The second-order valence-corrected chi connectivity index (χ2v) is 5.06. The van der Waals surface area contributed by atoms with Crippen LogP contribution >= 0.6 is 0 Å². The zero-order valence-electron chi connectivity index (χ0n) is 13.1. The number of hydrogen-bond donors (Lipinski definition) is 0. The van der Waals surface area contributed by atoms with E-state index in [9.17, 15) is 9.59 Å². The van der Waals surface area contributed by atoms with E-state index >= 15 is 0 Å². The van der Waals surface area contributed by atoms with Crippen molar-refractivity contribution in [3.63, 3.8) is 0 Å². The van der Waals surface area contributed by atoms with Crippen LogP contribution in [0.25, 0.3) is 0 Å². The lowest BCUT2D eigenvalue weighted by Crippen LogP contribution is -2.08. The van der Waals surface area contributed by atoms with Gasteiger partial charge in [0.05, 0.1) is 13.2 Å².